The second-order valence-corrected chi connectivity index (χ2v) is 9.73. The molecule has 40 heavy (non-hydrogen) atoms. The first-order valence-corrected chi connectivity index (χ1v) is 13.6. The van der Waals surface area contributed by atoms with Gasteiger partial charge in [-0.2, -0.15) is 66.7 Å². The molecule has 0 aliphatic rings. The third kappa shape index (κ3) is 12.3. The Hall–Kier alpha value is -3.28. The zero-order chi connectivity index (χ0) is 27.1. The summed E-state index contributed by atoms with van der Waals surface area (Å²) in [6.45, 7) is 1.82. The Labute approximate surface area is 259 Å². The van der Waals surface area contributed by atoms with Crippen molar-refractivity contribution in [2.45, 2.75) is 17.9 Å². The summed E-state index contributed by atoms with van der Waals surface area (Å²) in [6.07, 6.45) is 4.23. The number of aromatic nitrogens is 1. The molecule has 0 bridgehead atoms. The van der Waals surface area contributed by atoms with E-state index in [9.17, 15) is 13.0 Å². The van der Waals surface area contributed by atoms with Gasteiger partial charge in [0.2, 0.25) is 0 Å². The van der Waals surface area contributed by atoms with Gasteiger partial charge in [-0.15, -0.1) is 5.56 Å². The SMILES string of the molecule is Cc1ccc(S(=O)(=O)[O-])cc1.[Fe+2].[Fe+2].c1cc[cH-]c1.c1cc[cH-]c1.c1cc[n+](C(c2cc[cH-]c2)[c-]2cccc2)cc1. The van der Waals surface area contributed by atoms with Crippen LogP contribution in [0.2, 0.25) is 0 Å². The molecule has 0 amide bonds. The van der Waals surface area contributed by atoms with E-state index >= 15 is 0 Å². The van der Waals surface area contributed by atoms with Crippen LogP contribution < -0.4 is 4.57 Å². The van der Waals surface area contributed by atoms with Crippen LogP contribution in [-0.2, 0) is 44.3 Å². The minimum absolute atomic E-state index is 0. The summed E-state index contributed by atoms with van der Waals surface area (Å²) in [5.41, 5.74) is 3.58. The number of hydrogen-bond donors (Lipinski definition) is 0. The van der Waals surface area contributed by atoms with Crippen molar-refractivity contribution in [2.75, 3.05) is 0 Å². The van der Waals surface area contributed by atoms with Gasteiger partial charge in [0.05, 0.1) is 4.90 Å². The first-order valence-electron chi connectivity index (χ1n) is 12.2. The summed E-state index contributed by atoms with van der Waals surface area (Å²) in [5.74, 6) is 0. The molecule has 6 aromatic rings. The van der Waals surface area contributed by atoms with Gasteiger partial charge in [0, 0.05) is 12.1 Å². The molecule has 0 atom stereocenters. The molecule has 0 radical (unpaired) electrons. The van der Waals surface area contributed by atoms with Crippen molar-refractivity contribution in [3.05, 3.63) is 181 Å². The van der Waals surface area contributed by atoms with Crippen LogP contribution in [0.25, 0.3) is 0 Å². The first kappa shape index (κ1) is 34.7. The molecule has 0 aliphatic heterocycles. The Balaban J connectivity index is 0.000000298. The molecule has 0 saturated heterocycles. The smallest absolute Gasteiger partial charge is 0.744 e. The number of hydrogen-bond acceptors (Lipinski definition) is 3. The van der Waals surface area contributed by atoms with Gasteiger partial charge < -0.3 is 4.55 Å². The molecule has 0 spiro atoms. The standard InChI is InChI=1S/C16H14N.C7H8O3S.2C5H5.2Fe/c1-6-12-17(13-7-1)16(14-8-2-3-9-14)15-10-4-5-11-15;1-6-2-4-7(5-3-6)11(8,9)10;2*1-2-4-5-3-1;;/h1-13,16H;2-5H,1H3,(H,8,9,10);2*1-5H;;/q-1;;2*-1;2*+2/p-1. The maximum atomic E-state index is 10.4. The van der Waals surface area contributed by atoms with E-state index < -0.39 is 10.1 Å². The van der Waals surface area contributed by atoms with Crippen molar-refractivity contribution < 1.29 is 51.7 Å². The Morgan fingerprint density at radius 3 is 1.62 bits per heavy atom. The molecule has 7 heteroatoms. The number of nitrogens with zero attached hydrogens (tertiary/aromatic N) is 1. The van der Waals surface area contributed by atoms with Crippen molar-refractivity contribution in [1.29, 1.82) is 0 Å². The molecule has 6 rings (SSSR count). The fourth-order valence-corrected chi connectivity index (χ4v) is 4.08. The number of rotatable bonds is 4. The summed E-state index contributed by atoms with van der Waals surface area (Å²) in [5, 5.41) is 0. The molecule has 208 valence electrons. The van der Waals surface area contributed by atoms with E-state index in [1.165, 1.54) is 23.3 Å². The minimum Gasteiger partial charge on any atom is -0.744 e. The Morgan fingerprint density at radius 2 is 1.23 bits per heavy atom. The Morgan fingerprint density at radius 1 is 0.700 bits per heavy atom. The number of pyridine rings is 1. The molecule has 1 heterocycles. The topological polar surface area (TPSA) is 61.1 Å². The predicted molar refractivity (Wildman–Crippen MR) is 151 cm³/mol. The van der Waals surface area contributed by atoms with E-state index in [2.05, 4.69) is 77.6 Å². The van der Waals surface area contributed by atoms with Crippen LogP contribution in [0, 0.1) is 6.92 Å². The van der Waals surface area contributed by atoms with Crippen molar-refractivity contribution in [3.8, 4) is 0 Å². The van der Waals surface area contributed by atoms with Crippen molar-refractivity contribution in [2.24, 2.45) is 0 Å². The van der Waals surface area contributed by atoms with Crippen LogP contribution in [0.4, 0.5) is 0 Å². The van der Waals surface area contributed by atoms with Crippen LogP contribution >= 0.6 is 0 Å². The molecule has 0 saturated carbocycles. The van der Waals surface area contributed by atoms with E-state index in [1.807, 2.05) is 73.7 Å². The second kappa shape index (κ2) is 18.9. The van der Waals surface area contributed by atoms with Crippen LogP contribution in [0.15, 0.2) is 169 Å². The summed E-state index contributed by atoms with van der Waals surface area (Å²) in [7, 11) is -4.27. The third-order valence-corrected chi connectivity index (χ3v) is 6.32. The average molecular weight is 633 g/mol. The second-order valence-electron chi connectivity index (χ2n) is 8.35. The van der Waals surface area contributed by atoms with E-state index in [0.29, 0.717) is 0 Å². The summed E-state index contributed by atoms with van der Waals surface area (Å²) in [6, 6.07) is 49.3. The first-order chi connectivity index (χ1) is 18.4. The Bertz CT molecular complexity index is 1370. The maximum absolute atomic E-state index is 10.4. The van der Waals surface area contributed by atoms with Crippen LogP contribution in [0.5, 0.6) is 0 Å². The van der Waals surface area contributed by atoms with Crippen LogP contribution in [0.1, 0.15) is 22.7 Å². The van der Waals surface area contributed by atoms with Gasteiger partial charge >= 0.3 is 34.1 Å². The number of aryl methyl sites for hydroxylation is 1. The third-order valence-electron chi connectivity index (χ3n) is 5.47. The van der Waals surface area contributed by atoms with E-state index in [1.54, 1.807) is 12.1 Å². The van der Waals surface area contributed by atoms with E-state index in [-0.39, 0.29) is 45.1 Å². The van der Waals surface area contributed by atoms with Crippen molar-refractivity contribution in [3.63, 3.8) is 0 Å². The monoisotopic (exact) mass is 633 g/mol. The molecule has 5 aromatic carbocycles. The average Bonchev–Trinajstić information content (AvgIpc) is 3.76. The van der Waals surface area contributed by atoms with Gasteiger partial charge in [0.15, 0.2) is 12.4 Å². The molecule has 4 nitrogen and oxygen atoms in total. The minimum atomic E-state index is -4.27. The largest absolute Gasteiger partial charge is 2.00 e. The van der Waals surface area contributed by atoms with Gasteiger partial charge in [-0.25, -0.2) is 55.4 Å². The molecular formula is C33H31Fe2NO3S. The number of benzene rings is 1. The van der Waals surface area contributed by atoms with E-state index in [4.69, 9.17) is 0 Å². The normalized spacial score (nSPS) is 10.4. The molecular weight excluding hydrogens is 602 g/mol. The Kier molecular flexibility index (Phi) is 16.4. The van der Waals surface area contributed by atoms with Gasteiger partial charge in [0.1, 0.15) is 16.2 Å². The zero-order valence-corrected chi connectivity index (χ0v) is 25.0. The quantitative estimate of drug-likeness (QED) is 0.0934. The van der Waals surface area contributed by atoms with Gasteiger partial charge in [-0.1, -0.05) is 29.3 Å². The zero-order valence-electron chi connectivity index (χ0n) is 22.0. The van der Waals surface area contributed by atoms with Gasteiger partial charge in [-0.3, -0.25) is 0 Å². The van der Waals surface area contributed by atoms with E-state index in [0.717, 1.165) is 5.56 Å². The molecule has 0 fully saturated rings. The maximum Gasteiger partial charge on any atom is 2.00 e. The van der Waals surface area contributed by atoms with Crippen LogP contribution in [-0.4, -0.2) is 13.0 Å². The molecule has 1 aromatic heterocycles. The summed E-state index contributed by atoms with van der Waals surface area (Å²) < 4.78 is 33.4. The van der Waals surface area contributed by atoms with Crippen molar-refractivity contribution in [1.82, 2.24) is 0 Å². The van der Waals surface area contributed by atoms with Gasteiger partial charge in [0.25, 0.3) is 0 Å². The summed E-state index contributed by atoms with van der Waals surface area (Å²) in [4.78, 5) is -0.178. The summed E-state index contributed by atoms with van der Waals surface area (Å²) >= 11 is 0. The van der Waals surface area contributed by atoms with Crippen molar-refractivity contribution >= 4 is 10.1 Å². The molecule has 0 unspecified atom stereocenters. The van der Waals surface area contributed by atoms with Crippen LogP contribution in [0.3, 0.4) is 0 Å². The predicted octanol–water partition coefficient (Wildman–Crippen LogP) is 6.75. The van der Waals surface area contributed by atoms with Gasteiger partial charge in [-0.05, 0) is 19.1 Å². The molecule has 0 N–H and O–H groups in total. The fraction of sp³-hybridized carbons (Fsp3) is 0.0606. The molecule has 0 aliphatic carbocycles. The fourth-order valence-electron chi connectivity index (χ4n) is 3.61.